The molecule has 1 rings (SSSR count). The Morgan fingerprint density at radius 2 is 2.60 bits per heavy atom. The highest BCUT2D eigenvalue weighted by Crippen LogP contribution is 2.12. The molecule has 0 aromatic heterocycles. The second-order valence-corrected chi connectivity index (χ2v) is 2.77. The Kier molecular flexibility index (Phi) is 3.76. The fourth-order valence-electron chi connectivity index (χ4n) is 1.30. The van der Waals surface area contributed by atoms with Crippen molar-refractivity contribution in [2.24, 2.45) is 5.92 Å². The first-order valence-electron chi connectivity index (χ1n) is 3.96. The predicted octanol–water partition coefficient (Wildman–Crippen LogP) is 0.837. The summed E-state index contributed by atoms with van der Waals surface area (Å²) in [5.74, 6) is 0.801. The molecular formula is C8H16NO. The minimum Gasteiger partial charge on any atom is -0.385 e. The molecule has 0 amide bonds. The van der Waals surface area contributed by atoms with Gasteiger partial charge in [0.05, 0.1) is 0 Å². The first kappa shape index (κ1) is 8.02. The Hall–Kier alpha value is -0.0800. The summed E-state index contributed by atoms with van der Waals surface area (Å²) >= 11 is 0. The molecule has 0 aromatic rings. The van der Waals surface area contributed by atoms with E-state index < -0.39 is 0 Å². The van der Waals surface area contributed by atoms with Gasteiger partial charge in [0.1, 0.15) is 0 Å². The molecule has 2 heteroatoms. The number of ether oxygens (including phenoxy) is 1. The molecule has 1 heterocycles. The van der Waals surface area contributed by atoms with E-state index in [0.29, 0.717) is 0 Å². The average Bonchev–Trinajstić information content (AvgIpc) is 2.41. The highest BCUT2D eigenvalue weighted by molar-refractivity contribution is 4.82. The normalized spacial score (nSPS) is 25.5. The summed E-state index contributed by atoms with van der Waals surface area (Å²) in [7, 11) is 1.75. The standard InChI is InChI=1S/C8H16NO/c1-10-6-2-3-8-4-5-9-7-8/h3,8-9H,2,4-7H2,1H3. The van der Waals surface area contributed by atoms with Gasteiger partial charge < -0.3 is 10.1 Å². The number of rotatable bonds is 4. The van der Waals surface area contributed by atoms with Crippen LogP contribution >= 0.6 is 0 Å². The van der Waals surface area contributed by atoms with Crippen molar-refractivity contribution in [1.29, 1.82) is 0 Å². The average molecular weight is 142 g/mol. The second-order valence-electron chi connectivity index (χ2n) is 2.77. The molecule has 1 fully saturated rings. The molecule has 10 heavy (non-hydrogen) atoms. The Bertz CT molecular complexity index is 79.3. The minimum absolute atomic E-state index is 0.801. The van der Waals surface area contributed by atoms with E-state index in [1.165, 1.54) is 19.5 Å². The van der Waals surface area contributed by atoms with E-state index in [4.69, 9.17) is 4.74 Å². The lowest BCUT2D eigenvalue weighted by molar-refractivity contribution is 0.199. The molecule has 1 unspecified atom stereocenters. The third kappa shape index (κ3) is 2.67. The molecule has 1 N–H and O–H groups in total. The van der Waals surface area contributed by atoms with E-state index in [9.17, 15) is 0 Å². The van der Waals surface area contributed by atoms with Crippen LogP contribution in [0.5, 0.6) is 0 Å². The van der Waals surface area contributed by atoms with Gasteiger partial charge in [0.15, 0.2) is 0 Å². The predicted molar refractivity (Wildman–Crippen MR) is 41.8 cm³/mol. The van der Waals surface area contributed by atoms with Crippen molar-refractivity contribution in [2.45, 2.75) is 12.8 Å². The molecule has 2 nitrogen and oxygen atoms in total. The van der Waals surface area contributed by atoms with Crippen molar-refractivity contribution < 1.29 is 4.74 Å². The molecule has 1 aliphatic rings. The number of nitrogens with one attached hydrogen (secondary N) is 1. The smallest absolute Gasteiger partial charge is 0.0465 e. The van der Waals surface area contributed by atoms with Crippen LogP contribution in [0.1, 0.15) is 12.8 Å². The van der Waals surface area contributed by atoms with Gasteiger partial charge in [0.2, 0.25) is 0 Å². The third-order valence-electron chi connectivity index (χ3n) is 1.92. The maximum atomic E-state index is 4.95. The van der Waals surface area contributed by atoms with Crippen molar-refractivity contribution in [3.63, 3.8) is 0 Å². The van der Waals surface area contributed by atoms with Gasteiger partial charge in [-0.3, -0.25) is 0 Å². The summed E-state index contributed by atoms with van der Waals surface area (Å²) in [6.07, 6.45) is 4.77. The van der Waals surface area contributed by atoms with Crippen LogP contribution in [0.15, 0.2) is 0 Å². The highest BCUT2D eigenvalue weighted by atomic mass is 16.5. The molecule has 1 radical (unpaired) electrons. The van der Waals surface area contributed by atoms with Crippen LogP contribution in [0, 0.1) is 12.3 Å². The van der Waals surface area contributed by atoms with Gasteiger partial charge in [-0.05, 0) is 38.3 Å². The van der Waals surface area contributed by atoms with Crippen LogP contribution in [0.25, 0.3) is 0 Å². The number of hydrogen-bond donors (Lipinski definition) is 1. The summed E-state index contributed by atoms with van der Waals surface area (Å²) < 4.78 is 4.95. The zero-order valence-corrected chi connectivity index (χ0v) is 6.60. The maximum absolute atomic E-state index is 4.95. The second kappa shape index (κ2) is 4.69. The first-order chi connectivity index (χ1) is 4.93. The Balaban J connectivity index is 1.91. The SMILES string of the molecule is COCC[CH]C1CCNC1. The maximum Gasteiger partial charge on any atom is 0.0465 e. The molecule has 0 aromatic carbocycles. The van der Waals surface area contributed by atoms with E-state index in [1.807, 2.05) is 0 Å². The van der Waals surface area contributed by atoms with Gasteiger partial charge in [-0.25, -0.2) is 0 Å². The topological polar surface area (TPSA) is 21.3 Å². The first-order valence-corrected chi connectivity index (χ1v) is 3.96. The summed E-state index contributed by atoms with van der Waals surface area (Å²) in [5, 5.41) is 3.33. The van der Waals surface area contributed by atoms with Crippen molar-refractivity contribution in [1.82, 2.24) is 5.32 Å². The van der Waals surface area contributed by atoms with Gasteiger partial charge in [-0.1, -0.05) is 0 Å². The zero-order chi connectivity index (χ0) is 7.23. The lowest BCUT2D eigenvalue weighted by atomic mass is 10.0. The van der Waals surface area contributed by atoms with E-state index >= 15 is 0 Å². The van der Waals surface area contributed by atoms with Crippen molar-refractivity contribution in [3.05, 3.63) is 6.42 Å². The van der Waals surface area contributed by atoms with Gasteiger partial charge in [0.25, 0.3) is 0 Å². The molecule has 59 valence electrons. The van der Waals surface area contributed by atoms with Gasteiger partial charge in [0, 0.05) is 13.7 Å². The van der Waals surface area contributed by atoms with Crippen LogP contribution in [-0.2, 0) is 4.74 Å². The van der Waals surface area contributed by atoms with Gasteiger partial charge in [-0.15, -0.1) is 0 Å². The Morgan fingerprint density at radius 1 is 1.70 bits per heavy atom. The highest BCUT2D eigenvalue weighted by Gasteiger charge is 2.13. The quantitative estimate of drug-likeness (QED) is 0.587. The van der Waals surface area contributed by atoms with E-state index in [-0.39, 0.29) is 0 Å². The van der Waals surface area contributed by atoms with Crippen molar-refractivity contribution in [2.75, 3.05) is 26.8 Å². The van der Waals surface area contributed by atoms with Gasteiger partial charge >= 0.3 is 0 Å². The van der Waals surface area contributed by atoms with Crippen LogP contribution in [0.2, 0.25) is 0 Å². The van der Waals surface area contributed by atoms with Crippen molar-refractivity contribution in [3.8, 4) is 0 Å². The lowest BCUT2D eigenvalue weighted by Gasteiger charge is -2.05. The summed E-state index contributed by atoms with van der Waals surface area (Å²) in [6.45, 7) is 3.23. The van der Waals surface area contributed by atoms with Crippen LogP contribution in [0.4, 0.5) is 0 Å². The zero-order valence-electron chi connectivity index (χ0n) is 6.60. The summed E-state index contributed by atoms with van der Waals surface area (Å²) in [4.78, 5) is 0. The molecule has 1 atom stereocenters. The molecule has 0 bridgehead atoms. The van der Waals surface area contributed by atoms with Crippen LogP contribution in [-0.4, -0.2) is 26.8 Å². The molecule has 0 saturated carbocycles. The Morgan fingerprint density at radius 3 is 3.20 bits per heavy atom. The lowest BCUT2D eigenvalue weighted by Crippen LogP contribution is -2.09. The van der Waals surface area contributed by atoms with Crippen molar-refractivity contribution >= 4 is 0 Å². The summed E-state index contributed by atoms with van der Waals surface area (Å²) in [5.41, 5.74) is 0. The van der Waals surface area contributed by atoms with E-state index in [2.05, 4.69) is 11.7 Å². The molecule has 1 aliphatic heterocycles. The minimum atomic E-state index is 0.801. The molecule has 0 aliphatic carbocycles. The van der Waals surface area contributed by atoms with Crippen LogP contribution < -0.4 is 5.32 Å². The molecular weight excluding hydrogens is 126 g/mol. The fourth-order valence-corrected chi connectivity index (χ4v) is 1.30. The summed E-state index contributed by atoms with van der Waals surface area (Å²) in [6, 6.07) is 0. The van der Waals surface area contributed by atoms with Crippen LogP contribution in [0.3, 0.4) is 0 Å². The Labute approximate surface area is 63.0 Å². The van der Waals surface area contributed by atoms with E-state index in [0.717, 1.165) is 18.9 Å². The third-order valence-corrected chi connectivity index (χ3v) is 1.92. The number of hydrogen-bond acceptors (Lipinski definition) is 2. The largest absolute Gasteiger partial charge is 0.385 e. The van der Waals surface area contributed by atoms with Gasteiger partial charge in [-0.2, -0.15) is 0 Å². The fraction of sp³-hybridized carbons (Fsp3) is 0.875. The monoisotopic (exact) mass is 142 g/mol. The molecule has 1 saturated heterocycles. The number of methoxy groups -OCH3 is 1. The van der Waals surface area contributed by atoms with E-state index in [1.54, 1.807) is 7.11 Å². The molecule has 0 spiro atoms.